The molecule has 0 bridgehead atoms. The molecule has 2 N–H and O–H groups in total. The van der Waals surface area contributed by atoms with Gasteiger partial charge in [-0.3, -0.25) is 0 Å². The third-order valence-corrected chi connectivity index (χ3v) is 6.56. The molecule has 3 nitrogen and oxygen atoms in total. The summed E-state index contributed by atoms with van der Waals surface area (Å²) in [5.41, 5.74) is 6.71. The van der Waals surface area contributed by atoms with E-state index >= 15 is 0 Å². The van der Waals surface area contributed by atoms with Crippen molar-refractivity contribution in [3.63, 3.8) is 0 Å². The second kappa shape index (κ2) is 5.44. The first kappa shape index (κ1) is 14.6. The molecule has 1 fully saturated rings. The van der Waals surface area contributed by atoms with Crippen LogP contribution in [0.15, 0.2) is 59.5 Å². The van der Waals surface area contributed by atoms with E-state index in [-0.39, 0.29) is 11.8 Å². The highest BCUT2D eigenvalue weighted by Crippen LogP contribution is 2.53. The van der Waals surface area contributed by atoms with E-state index in [0.717, 1.165) is 5.56 Å². The Balaban J connectivity index is 1.96. The largest absolute Gasteiger partial charge is 0.330 e. The van der Waals surface area contributed by atoms with Crippen LogP contribution in [0.3, 0.4) is 0 Å². The summed E-state index contributed by atoms with van der Waals surface area (Å²) < 4.78 is 25.5. The van der Waals surface area contributed by atoms with Crippen molar-refractivity contribution in [3.05, 3.63) is 65.2 Å². The molecule has 0 aromatic heterocycles. The standard InChI is InChI=1S/C16H16ClNO2S/c17-12-6-4-5-11(9-12)15-14(10-18)16(15)21(19,20)13-7-2-1-3-8-13/h1-9,14-16H,10,18H2/t14-,15-,16+/m0/s1. The van der Waals surface area contributed by atoms with Crippen LogP contribution in [0.4, 0.5) is 0 Å². The zero-order valence-electron chi connectivity index (χ0n) is 11.3. The van der Waals surface area contributed by atoms with Gasteiger partial charge in [-0.25, -0.2) is 8.42 Å². The Morgan fingerprint density at radius 3 is 2.38 bits per heavy atom. The van der Waals surface area contributed by atoms with Gasteiger partial charge in [0.1, 0.15) is 0 Å². The maximum atomic E-state index is 12.7. The Hall–Kier alpha value is -1.36. The summed E-state index contributed by atoms with van der Waals surface area (Å²) >= 11 is 6.01. The summed E-state index contributed by atoms with van der Waals surface area (Å²) in [4.78, 5) is 0.359. The minimum absolute atomic E-state index is 0.0475. The monoisotopic (exact) mass is 321 g/mol. The van der Waals surface area contributed by atoms with Crippen LogP contribution >= 0.6 is 11.6 Å². The molecule has 2 aromatic rings. The summed E-state index contributed by atoms with van der Waals surface area (Å²) in [7, 11) is -3.36. The van der Waals surface area contributed by atoms with E-state index in [2.05, 4.69) is 0 Å². The maximum absolute atomic E-state index is 12.7. The summed E-state index contributed by atoms with van der Waals surface area (Å²) in [5, 5.41) is 0.161. The molecule has 1 aliphatic rings. The first-order valence-electron chi connectivity index (χ1n) is 6.80. The third-order valence-electron chi connectivity index (χ3n) is 4.03. The van der Waals surface area contributed by atoms with Crippen LogP contribution in [-0.4, -0.2) is 20.2 Å². The zero-order valence-corrected chi connectivity index (χ0v) is 12.9. The van der Waals surface area contributed by atoms with Gasteiger partial charge in [0, 0.05) is 10.9 Å². The fraction of sp³-hybridized carbons (Fsp3) is 0.250. The Morgan fingerprint density at radius 2 is 1.76 bits per heavy atom. The summed E-state index contributed by atoms with van der Waals surface area (Å²) in [5.74, 6) is -0.118. The van der Waals surface area contributed by atoms with Gasteiger partial charge in [0.15, 0.2) is 9.84 Å². The molecular weight excluding hydrogens is 306 g/mol. The van der Waals surface area contributed by atoms with Crippen LogP contribution in [0.5, 0.6) is 0 Å². The number of hydrogen-bond donors (Lipinski definition) is 1. The van der Waals surface area contributed by atoms with Gasteiger partial charge in [-0.2, -0.15) is 0 Å². The van der Waals surface area contributed by atoms with E-state index in [0.29, 0.717) is 16.5 Å². The van der Waals surface area contributed by atoms with Crippen molar-refractivity contribution in [1.82, 2.24) is 0 Å². The molecule has 0 radical (unpaired) electrons. The summed E-state index contributed by atoms with van der Waals surface area (Å²) in [6.45, 7) is 0.355. The van der Waals surface area contributed by atoms with Crippen LogP contribution in [-0.2, 0) is 9.84 Å². The molecule has 5 heteroatoms. The van der Waals surface area contributed by atoms with Crippen molar-refractivity contribution in [2.45, 2.75) is 16.1 Å². The second-order valence-electron chi connectivity index (χ2n) is 5.30. The molecule has 110 valence electrons. The predicted octanol–water partition coefficient (Wildman–Crippen LogP) is 2.85. The lowest BCUT2D eigenvalue weighted by Gasteiger charge is -2.04. The number of hydrogen-bond acceptors (Lipinski definition) is 3. The fourth-order valence-corrected chi connectivity index (χ4v) is 5.41. The molecule has 21 heavy (non-hydrogen) atoms. The average Bonchev–Trinajstić information content (AvgIpc) is 3.23. The van der Waals surface area contributed by atoms with E-state index < -0.39 is 15.1 Å². The van der Waals surface area contributed by atoms with Crippen molar-refractivity contribution in [1.29, 1.82) is 0 Å². The lowest BCUT2D eigenvalue weighted by Crippen LogP contribution is -2.13. The van der Waals surface area contributed by atoms with Gasteiger partial charge in [-0.1, -0.05) is 41.9 Å². The van der Waals surface area contributed by atoms with E-state index in [1.54, 1.807) is 36.4 Å². The molecule has 0 saturated heterocycles. The molecule has 0 heterocycles. The molecule has 0 amide bonds. The van der Waals surface area contributed by atoms with Crippen molar-refractivity contribution < 1.29 is 8.42 Å². The molecule has 2 aromatic carbocycles. The highest BCUT2D eigenvalue weighted by atomic mass is 35.5. The lowest BCUT2D eigenvalue weighted by atomic mass is 10.1. The fourth-order valence-electron chi connectivity index (χ4n) is 2.96. The van der Waals surface area contributed by atoms with Gasteiger partial charge in [-0.15, -0.1) is 0 Å². The topological polar surface area (TPSA) is 60.2 Å². The minimum Gasteiger partial charge on any atom is -0.330 e. The molecule has 0 spiro atoms. The SMILES string of the molecule is NC[C@H]1[C@H](c2cccc(Cl)c2)[C@@H]1S(=O)(=O)c1ccccc1. The summed E-state index contributed by atoms with van der Waals surface area (Å²) in [6, 6.07) is 15.9. The number of rotatable bonds is 4. The van der Waals surface area contributed by atoms with Gasteiger partial charge in [0.2, 0.25) is 0 Å². The van der Waals surface area contributed by atoms with Crippen molar-refractivity contribution in [2.24, 2.45) is 11.7 Å². The lowest BCUT2D eigenvalue weighted by molar-refractivity contribution is 0.591. The maximum Gasteiger partial charge on any atom is 0.182 e. The van der Waals surface area contributed by atoms with Gasteiger partial charge in [0.25, 0.3) is 0 Å². The summed E-state index contributed by atoms with van der Waals surface area (Å²) in [6.07, 6.45) is 0. The molecule has 3 atom stereocenters. The van der Waals surface area contributed by atoms with Crippen LogP contribution in [0.25, 0.3) is 0 Å². The Morgan fingerprint density at radius 1 is 1.05 bits per heavy atom. The van der Waals surface area contributed by atoms with Crippen molar-refractivity contribution in [2.75, 3.05) is 6.54 Å². The first-order chi connectivity index (χ1) is 10.1. The van der Waals surface area contributed by atoms with E-state index in [1.807, 2.05) is 18.2 Å². The molecule has 0 aliphatic heterocycles. The molecule has 1 aliphatic carbocycles. The Bertz CT molecular complexity index is 746. The number of nitrogens with two attached hydrogens (primary N) is 1. The third kappa shape index (κ3) is 2.59. The molecular formula is C16H16ClNO2S. The highest BCUT2D eigenvalue weighted by Gasteiger charge is 2.57. The minimum atomic E-state index is -3.36. The van der Waals surface area contributed by atoms with Crippen LogP contribution < -0.4 is 5.73 Å². The smallest absolute Gasteiger partial charge is 0.182 e. The Labute approximate surface area is 129 Å². The second-order valence-corrected chi connectivity index (χ2v) is 7.85. The van der Waals surface area contributed by atoms with Crippen LogP contribution in [0.1, 0.15) is 11.5 Å². The number of sulfone groups is 1. The van der Waals surface area contributed by atoms with E-state index in [9.17, 15) is 8.42 Å². The Kier molecular flexibility index (Phi) is 3.78. The van der Waals surface area contributed by atoms with Gasteiger partial charge in [-0.05, 0) is 42.3 Å². The van der Waals surface area contributed by atoms with Crippen molar-refractivity contribution in [3.8, 4) is 0 Å². The molecule has 0 unspecified atom stereocenters. The van der Waals surface area contributed by atoms with Crippen LogP contribution in [0, 0.1) is 5.92 Å². The quantitative estimate of drug-likeness (QED) is 0.942. The first-order valence-corrected chi connectivity index (χ1v) is 8.72. The van der Waals surface area contributed by atoms with E-state index in [4.69, 9.17) is 17.3 Å². The van der Waals surface area contributed by atoms with E-state index in [1.165, 1.54) is 0 Å². The molecule has 3 rings (SSSR count). The average molecular weight is 322 g/mol. The van der Waals surface area contributed by atoms with Gasteiger partial charge in [0.05, 0.1) is 10.1 Å². The van der Waals surface area contributed by atoms with Crippen LogP contribution in [0.2, 0.25) is 5.02 Å². The van der Waals surface area contributed by atoms with Crippen molar-refractivity contribution >= 4 is 21.4 Å². The number of benzene rings is 2. The molecule has 1 saturated carbocycles. The predicted molar refractivity (Wildman–Crippen MR) is 84.2 cm³/mol. The normalized spacial score (nSPS) is 24.8. The van der Waals surface area contributed by atoms with Gasteiger partial charge < -0.3 is 5.73 Å². The van der Waals surface area contributed by atoms with Gasteiger partial charge >= 0.3 is 0 Å². The highest BCUT2D eigenvalue weighted by molar-refractivity contribution is 7.92. The number of halogens is 1. The zero-order chi connectivity index (χ0) is 15.0.